The maximum atomic E-state index is 13.9. The quantitative estimate of drug-likeness (QED) is 0.476. The van der Waals surface area contributed by atoms with Gasteiger partial charge in [0.15, 0.2) is 0 Å². The molecule has 2 amide bonds. The molecule has 1 saturated heterocycles. The van der Waals surface area contributed by atoms with Crippen molar-refractivity contribution in [3.63, 3.8) is 0 Å². The average molecular weight is 482 g/mol. The van der Waals surface area contributed by atoms with E-state index in [1.165, 1.54) is 0 Å². The van der Waals surface area contributed by atoms with E-state index in [1.807, 2.05) is 44.4 Å². The first-order valence-corrected chi connectivity index (χ1v) is 12.3. The number of carbonyl (C=O) groups is 2. The molecule has 8 nitrogen and oxygen atoms in total. The number of nitrogens with one attached hydrogen (secondary N) is 2. The van der Waals surface area contributed by atoms with Crippen LogP contribution in [0.5, 0.6) is 0 Å². The molecule has 3 N–H and O–H groups in total. The zero-order valence-electron chi connectivity index (χ0n) is 21.5. The van der Waals surface area contributed by atoms with Gasteiger partial charge in [-0.1, -0.05) is 39.0 Å². The van der Waals surface area contributed by atoms with Gasteiger partial charge >= 0.3 is 0 Å². The van der Waals surface area contributed by atoms with Crippen LogP contribution in [0.3, 0.4) is 0 Å². The first-order valence-electron chi connectivity index (χ1n) is 12.3. The Kier molecular flexibility index (Phi) is 8.99. The number of amides is 2. The number of aromatic nitrogens is 1. The molecule has 1 aliphatic heterocycles. The number of aliphatic hydroxyl groups excluding tert-OH is 1. The summed E-state index contributed by atoms with van der Waals surface area (Å²) in [7, 11) is 3.98. The van der Waals surface area contributed by atoms with Crippen molar-refractivity contribution in [3.05, 3.63) is 59.9 Å². The largest absolute Gasteiger partial charge is 0.392 e. The van der Waals surface area contributed by atoms with Crippen LogP contribution in [0.4, 0.5) is 5.69 Å². The van der Waals surface area contributed by atoms with E-state index in [4.69, 9.17) is 0 Å². The van der Waals surface area contributed by atoms with Gasteiger partial charge in [0.25, 0.3) is 0 Å². The molecule has 2 aromatic rings. The van der Waals surface area contributed by atoms with Crippen molar-refractivity contribution in [1.82, 2.24) is 20.5 Å². The Morgan fingerprint density at radius 3 is 2.46 bits per heavy atom. The molecule has 0 bridgehead atoms. The Morgan fingerprint density at radius 2 is 1.91 bits per heavy atom. The van der Waals surface area contributed by atoms with Crippen LogP contribution in [-0.4, -0.2) is 72.7 Å². The number of hydrogen-bond donors (Lipinski definition) is 3. The summed E-state index contributed by atoms with van der Waals surface area (Å²) in [5, 5.41) is 16.2. The Labute approximate surface area is 208 Å². The highest BCUT2D eigenvalue weighted by molar-refractivity contribution is 6.03. The van der Waals surface area contributed by atoms with E-state index in [0.29, 0.717) is 30.8 Å². The smallest absolute Gasteiger partial charge is 0.247 e. The fourth-order valence-corrected chi connectivity index (χ4v) is 4.26. The molecule has 0 aliphatic carbocycles. The Bertz CT molecular complexity index is 973. The van der Waals surface area contributed by atoms with E-state index in [2.05, 4.69) is 41.3 Å². The maximum absolute atomic E-state index is 13.9. The van der Waals surface area contributed by atoms with Crippen LogP contribution >= 0.6 is 0 Å². The third-order valence-corrected chi connectivity index (χ3v) is 6.24. The van der Waals surface area contributed by atoms with Crippen molar-refractivity contribution in [1.29, 1.82) is 0 Å². The predicted molar refractivity (Wildman–Crippen MR) is 138 cm³/mol. The lowest BCUT2D eigenvalue weighted by Crippen LogP contribution is -2.50. The van der Waals surface area contributed by atoms with Gasteiger partial charge in [-0.05, 0) is 62.7 Å². The SMILES string of the molecule is CN(C)CCCNC(=O)C(c1cccnc1)N(C(=O)C1CC(O)CN1)c1ccc(C(C)(C)C)cc1. The van der Waals surface area contributed by atoms with Gasteiger partial charge in [-0.2, -0.15) is 0 Å². The molecule has 8 heteroatoms. The predicted octanol–water partition coefficient (Wildman–Crippen LogP) is 2.24. The molecule has 1 aromatic heterocycles. The molecule has 1 aromatic carbocycles. The highest BCUT2D eigenvalue weighted by atomic mass is 16.3. The number of pyridine rings is 1. The van der Waals surface area contributed by atoms with E-state index < -0.39 is 18.2 Å². The fourth-order valence-electron chi connectivity index (χ4n) is 4.26. The summed E-state index contributed by atoms with van der Waals surface area (Å²) in [6.45, 7) is 8.09. The Morgan fingerprint density at radius 1 is 1.20 bits per heavy atom. The second-order valence-electron chi connectivity index (χ2n) is 10.5. The van der Waals surface area contributed by atoms with Gasteiger partial charge < -0.3 is 20.6 Å². The molecule has 3 atom stereocenters. The summed E-state index contributed by atoms with van der Waals surface area (Å²) in [4.78, 5) is 35.3. The molecule has 3 rings (SSSR count). The Balaban J connectivity index is 2.00. The number of β-amino-alcohol motifs (C(OH)–C–C–N with tert-alkyl or cyclic N) is 1. The third-order valence-electron chi connectivity index (χ3n) is 6.24. The van der Waals surface area contributed by atoms with Gasteiger partial charge in [-0.15, -0.1) is 0 Å². The number of rotatable bonds is 9. The van der Waals surface area contributed by atoms with Crippen LogP contribution in [0, 0.1) is 0 Å². The number of benzene rings is 1. The molecule has 0 saturated carbocycles. The second kappa shape index (κ2) is 11.7. The van der Waals surface area contributed by atoms with Crippen LogP contribution in [0.25, 0.3) is 0 Å². The molecule has 1 fully saturated rings. The topological polar surface area (TPSA) is 97.8 Å². The maximum Gasteiger partial charge on any atom is 0.247 e. The lowest BCUT2D eigenvalue weighted by Gasteiger charge is -2.33. The molecule has 3 unspecified atom stereocenters. The van der Waals surface area contributed by atoms with Crippen LogP contribution in [0.15, 0.2) is 48.8 Å². The van der Waals surface area contributed by atoms with Crippen LogP contribution in [-0.2, 0) is 15.0 Å². The van der Waals surface area contributed by atoms with E-state index >= 15 is 0 Å². The fraction of sp³-hybridized carbons (Fsp3) is 0.519. The van der Waals surface area contributed by atoms with E-state index in [1.54, 1.807) is 23.4 Å². The summed E-state index contributed by atoms with van der Waals surface area (Å²) in [6.07, 6.45) is 3.79. The normalized spacial score (nSPS) is 18.9. The number of nitrogens with zero attached hydrogens (tertiary/aromatic N) is 3. The van der Waals surface area contributed by atoms with Gasteiger partial charge in [0, 0.05) is 36.7 Å². The monoisotopic (exact) mass is 481 g/mol. The lowest BCUT2D eigenvalue weighted by molar-refractivity contribution is -0.127. The van der Waals surface area contributed by atoms with Crippen LogP contribution in [0.1, 0.15) is 50.8 Å². The summed E-state index contributed by atoms with van der Waals surface area (Å²) in [6, 6.07) is 9.91. The van der Waals surface area contributed by atoms with Crippen molar-refractivity contribution in [3.8, 4) is 0 Å². The standard InChI is InChI=1S/C27H39N5O3/c1-27(2,3)20-9-11-21(12-10-20)32(26(35)23-16-22(33)18-30-23)24(19-8-6-13-28-17-19)25(34)29-14-7-15-31(4)5/h6,8-13,17,22-24,30,33H,7,14-16,18H2,1-5H3,(H,29,34). The molecular weight excluding hydrogens is 442 g/mol. The van der Waals surface area contributed by atoms with Gasteiger partial charge in [-0.3, -0.25) is 19.5 Å². The van der Waals surface area contributed by atoms with Gasteiger partial charge in [0.2, 0.25) is 11.8 Å². The van der Waals surface area contributed by atoms with E-state index in [-0.39, 0.29) is 17.2 Å². The third kappa shape index (κ3) is 7.10. The van der Waals surface area contributed by atoms with E-state index in [0.717, 1.165) is 18.5 Å². The first kappa shape index (κ1) is 26.8. The summed E-state index contributed by atoms with van der Waals surface area (Å²) in [5.41, 5.74) is 2.35. The minimum absolute atomic E-state index is 0.0446. The van der Waals surface area contributed by atoms with Crippen LogP contribution < -0.4 is 15.5 Å². The molecule has 2 heterocycles. The summed E-state index contributed by atoms with van der Waals surface area (Å²) >= 11 is 0. The van der Waals surface area contributed by atoms with Crippen molar-refractivity contribution in [2.45, 2.75) is 57.2 Å². The second-order valence-corrected chi connectivity index (χ2v) is 10.5. The minimum atomic E-state index is -0.893. The lowest BCUT2D eigenvalue weighted by atomic mass is 9.87. The number of aliphatic hydroxyl groups is 1. The number of anilines is 1. The first-order chi connectivity index (χ1) is 16.6. The van der Waals surface area contributed by atoms with Gasteiger partial charge in [0.1, 0.15) is 6.04 Å². The minimum Gasteiger partial charge on any atom is -0.392 e. The highest BCUT2D eigenvalue weighted by Crippen LogP contribution is 2.32. The van der Waals surface area contributed by atoms with Gasteiger partial charge in [0.05, 0.1) is 12.1 Å². The Hall–Kier alpha value is -2.81. The zero-order chi connectivity index (χ0) is 25.6. The molecule has 190 valence electrons. The van der Waals surface area contributed by atoms with Crippen molar-refractivity contribution in [2.24, 2.45) is 0 Å². The summed E-state index contributed by atoms with van der Waals surface area (Å²) in [5.74, 6) is -0.508. The molecule has 0 spiro atoms. The van der Waals surface area contributed by atoms with Crippen molar-refractivity contribution < 1.29 is 14.7 Å². The molecule has 1 aliphatic rings. The zero-order valence-corrected chi connectivity index (χ0v) is 21.5. The summed E-state index contributed by atoms with van der Waals surface area (Å²) < 4.78 is 0. The molecule has 0 radical (unpaired) electrons. The number of carbonyl (C=O) groups excluding carboxylic acids is 2. The molecular formula is C27H39N5O3. The van der Waals surface area contributed by atoms with Gasteiger partial charge in [-0.25, -0.2) is 0 Å². The highest BCUT2D eigenvalue weighted by Gasteiger charge is 2.39. The van der Waals surface area contributed by atoms with Crippen molar-refractivity contribution in [2.75, 3.05) is 38.6 Å². The average Bonchev–Trinajstić information content (AvgIpc) is 3.26. The molecule has 35 heavy (non-hydrogen) atoms. The van der Waals surface area contributed by atoms with E-state index in [9.17, 15) is 14.7 Å². The van der Waals surface area contributed by atoms with Crippen LogP contribution in [0.2, 0.25) is 0 Å². The van der Waals surface area contributed by atoms with Crippen molar-refractivity contribution >= 4 is 17.5 Å². The number of hydrogen-bond acceptors (Lipinski definition) is 6.